The lowest BCUT2D eigenvalue weighted by molar-refractivity contribution is 0.751. The van der Waals surface area contributed by atoms with Crippen molar-refractivity contribution in [2.24, 2.45) is 0 Å². The predicted molar refractivity (Wildman–Crippen MR) is 74.8 cm³/mol. The van der Waals surface area contributed by atoms with Crippen molar-refractivity contribution in [2.45, 2.75) is 37.5 Å². The fraction of sp³-hybridized carbons (Fsp3) is 0.636. The minimum absolute atomic E-state index is 0.249. The Hall–Kier alpha value is -0.680. The van der Waals surface area contributed by atoms with Crippen LogP contribution in [0.2, 0.25) is 5.28 Å². The fourth-order valence-electron chi connectivity index (χ4n) is 2.14. The number of anilines is 2. The van der Waals surface area contributed by atoms with Crippen molar-refractivity contribution >= 4 is 34.9 Å². The molecule has 0 amide bonds. The van der Waals surface area contributed by atoms with Gasteiger partial charge in [-0.2, -0.15) is 16.7 Å². The Morgan fingerprint density at radius 1 is 1.41 bits per heavy atom. The molecule has 2 rings (SSSR count). The zero-order valence-corrected chi connectivity index (χ0v) is 11.6. The molecule has 0 spiro atoms. The third kappa shape index (κ3) is 2.96. The summed E-state index contributed by atoms with van der Waals surface area (Å²) in [5, 5.41) is 4.37. The van der Waals surface area contributed by atoms with Gasteiger partial charge in [0, 0.05) is 11.3 Å². The highest BCUT2D eigenvalue weighted by Gasteiger charge is 2.24. The van der Waals surface area contributed by atoms with Crippen LogP contribution in [0, 0.1) is 6.92 Å². The highest BCUT2D eigenvalue weighted by molar-refractivity contribution is 7.99. The zero-order valence-electron chi connectivity index (χ0n) is 10.0. The van der Waals surface area contributed by atoms with Crippen LogP contribution in [0.25, 0.3) is 0 Å². The monoisotopic (exact) mass is 272 g/mol. The summed E-state index contributed by atoms with van der Waals surface area (Å²) in [6.07, 6.45) is 5.72. The molecule has 2 unspecified atom stereocenters. The number of aryl methyl sites for hydroxylation is 1. The number of nitrogens with one attached hydrogen (secondary N) is 1. The molecule has 4 nitrogen and oxygen atoms in total. The standard InChI is InChI=1S/C11H17ClN4S/c1-6-9(13)10(16-11(12)14-6)15-7-3-4-8(5-7)17-2/h7-8H,3-5,13H2,1-2H3,(H,14,15,16). The van der Waals surface area contributed by atoms with E-state index in [2.05, 4.69) is 21.5 Å². The summed E-state index contributed by atoms with van der Waals surface area (Å²) >= 11 is 7.77. The summed E-state index contributed by atoms with van der Waals surface area (Å²) in [6, 6.07) is 0.445. The largest absolute Gasteiger partial charge is 0.394 e. The molecule has 3 N–H and O–H groups in total. The third-order valence-electron chi connectivity index (χ3n) is 3.17. The fourth-order valence-corrected chi connectivity index (χ4v) is 3.14. The average molecular weight is 273 g/mol. The van der Waals surface area contributed by atoms with E-state index in [1.165, 1.54) is 6.42 Å². The number of hydrogen-bond donors (Lipinski definition) is 2. The van der Waals surface area contributed by atoms with Gasteiger partial charge in [-0.3, -0.25) is 0 Å². The highest BCUT2D eigenvalue weighted by Crippen LogP contribution is 2.31. The van der Waals surface area contributed by atoms with E-state index >= 15 is 0 Å². The van der Waals surface area contributed by atoms with Gasteiger partial charge in [0.1, 0.15) is 0 Å². The molecule has 1 fully saturated rings. The minimum Gasteiger partial charge on any atom is -0.394 e. The van der Waals surface area contributed by atoms with E-state index in [4.69, 9.17) is 17.3 Å². The normalized spacial score (nSPS) is 23.9. The molecule has 0 radical (unpaired) electrons. The van der Waals surface area contributed by atoms with E-state index in [0.717, 1.165) is 23.8 Å². The second kappa shape index (κ2) is 5.31. The van der Waals surface area contributed by atoms with Gasteiger partial charge in [0.25, 0.3) is 0 Å². The molecule has 1 aliphatic carbocycles. The first-order chi connectivity index (χ1) is 8.10. The first-order valence-corrected chi connectivity index (χ1v) is 7.35. The smallest absolute Gasteiger partial charge is 0.224 e. The van der Waals surface area contributed by atoms with Crippen molar-refractivity contribution in [3.63, 3.8) is 0 Å². The van der Waals surface area contributed by atoms with Crippen LogP contribution in [0.15, 0.2) is 0 Å². The summed E-state index contributed by atoms with van der Waals surface area (Å²) < 4.78 is 0. The summed E-state index contributed by atoms with van der Waals surface area (Å²) in [5.41, 5.74) is 7.27. The van der Waals surface area contributed by atoms with Gasteiger partial charge in [-0.1, -0.05) is 0 Å². The molecule has 0 aliphatic heterocycles. The van der Waals surface area contributed by atoms with Crippen LogP contribution >= 0.6 is 23.4 Å². The van der Waals surface area contributed by atoms with Gasteiger partial charge in [-0.05, 0) is 44.0 Å². The van der Waals surface area contributed by atoms with E-state index in [0.29, 0.717) is 17.5 Å². The number of aromatic nitrogens is 2. The summed E-state index contributed by atoms with van der Waals surface area (Å²) in [7, 11) is 0. The molecular weight excluding hydrogens is 256 g/mol. The Labute approximate surface area is 111 Å². The number of rotatable bonds is 3. The summed E-state index contributed by atoms with van der Waals surface area (Å²) in [6.45, 7) is 1.84. The maximum atomic E-state index is 5.95. The lowest BCUT2D eigenvalue weighted by Gasteiger charge is -2.15. The van der Waals surface area contributed by atoms with Crippen molar-refractivity contribution in [3.8, 4) is 0 Å². The number of nitrogens with zero attached hydrogens (tertiary/aromatic N) is 2. The zero-order chi connectivity index (χ0) is 12.4. The van der Waals surface area contributed by atoms with Gasteiger partial charge in [0.15, 0.2) is 5.82 Å². The lowest BCUT2D eigenvalue weighted by atomic mass is 10.2. The Morgan fingerprint density at radius 3 is 2.82 bits per heavy atom. The number of hydrogen-bond acceptors (Lipinski definition) is 5. The maximum Gasteiger partial charge on any atom is 0.224 e. The summed E-state index contributed by atoms with van der Waals surface area (Å²) in [4.78, 5) is 8.18. The molecule has 2 atom stereocenters. The minimum atomic E-state index is 0.249. The Bertz CT molecular complexity index is 413. The average Bonchev–Trinajstić information content (AvgIpc) is 2.73. The quantitative estimate of drug-likeness (QED) is 0.829. The van der Waals surface area contributed by atoms with Crippen LogP contribution in [-0.2, 0) is 0 Å². The van der Waals surface area contributed by atoms with Gasteiger partial charge in [0.2, 0.25) is 5.28 Å². The third-order valence-corrected chi connectivity index (χ3v) is 4.43. The van der Waals surface area contributed by atoms with Crippen molar-refractivity contribution in [3.05, 3.63) is 11.0 Å². The molecule has 6 heteroatoms. The van der Waals surface area contributed by atoms with Crippen molar-refractivity contribution in [2.75, 3.05) is 17.3 Å². The van der Waals surface area contributed by atoms with Gasteiger partial charge < -0.3 is 11.1 Å². The predicted octanol–water partition coefficient (Wildman–Crippen LogP) is 2.72. The Kier molecular flexibility index (Phi) is 3.99. The second-order valence-corrected chi connectivity index (χ2v) is 5.83. The molecule has 1 heterocycles. The van der Waals surface area contributed by atoms with E-state index in [1.54, 1.807) is 0 Å². The van der Waals surface area contributed by atoms with Gasteiger partial charge in [-0.15, -0.1) is 0 Å². The number of halogens is 1. The van der Waals surface area contributed by atoms with E-state index in [-0.39, 0.29) is 5.28 Å². The second-order valence-electron chi connectivity index (χ2n) is 4.35. The van der Waals surface area contributed by atoms with Crippen molar-refractivity contribution in [1.29, 1.82) is 0 Å². The van der Waals surface area contributed by atoms with Crippen molar-refractivity contribution in [1.82, 2.24) is 9.97 Å². The number of thioether (sulfide) groups is 1. The van der Waals surface area contributed by atoms with Crippen molar-refractivity contribution < 1.29 is 0 Å². The maximum absolute atomic E-state index is 5.95. The molecule has 0 saturated heterocycles. The van der Waals surface area contributed by atoms with E-state index < -0.39 is 0 Å². The Balaban J connectivity index is 2.09. The van der Waals surface area contributed by atoms with Crippen LogP contribution in [-0.4, -0.2) is 27.5 Å². The van der Waals surface area contributed by atoms with Crippen LogP contribution in [0.1, 0.15) is 25.0 Å². The topological polar surface area (TPSA) is 63.8 Å². The number of nitrogen functional groups attached to an aromatic ring is 1. The van der Waals surface area contributed by atoms with E-state index in [1.807, 2.05) is 18.7 Å². The van der Waals surface area contributed by atoms with Gasteiger partial charge in [0.05, 0.1) is 11.4 Å². The van der Waals surface area contributed by atoms with Crippen LogP contribution in [0.3, 0.4) is 0 Å². The first-order valence-electron chi connectivity index (χ1n) is 5.69. The molecule has 17 heavy (non-hydrogen) atoms. The highest BCUT2D eigenvalue weighted by atomic mass is 35.5. The molecule has 0 aromatic carbocycles. The molecule has 1 aromatic rings. The van der Waals surface area contributed by atoms with Crippen LogP contribution in [0.5, 0.6) is 0 Å². The first kappa shape index (κ1) is 12.8. The lowest BCUT2D eigenvalue weighted by Crippen LogP contribution is -2.18. The molecule has 1 saturated carbocycles. The summed E-state index contributed by atoms with van der Waals surface area (Å²) in [5.74, 6) is 0.675. The molecular formula is C11H17ClN4S. The Morgan fingerprint density at radius 2 is 2.18 bits per heavy atom. The molecule has 94 valence electrons. The van der Waals surface area contributed by atoms with Crippen LogP contribution < -0.4 is 11.1 Å². The van der Waals surface area contributed by atoms with Crippen LogP contribution in [0.4, 0.5) is 11.5 Å². The molecule has 1 aliphatic rings. The molecule has 0 bridgehead atoms. The van der Waals surface area contributed by atoms with Gasteiger partial charge in [-0.25, -0.2) is 4.98 Å². The van der Waals surface area contributed by atoms with E-state index in [9.17, 15) is 0 Å². The number of nitrogens with two attached hydrogens (primary N) is 1. The van der Waals surface area contributed by atoms with Gasteiger partial charge >= 0.3 is 0 Å². The molecule has 1 aromatic heterocycles. The SMILES string of the molecule is CSC1CCC(Nc2nc(Cl)nc(C)c2N)C1.